The van der Waals surface area contributed by atoms with E-state index in [0.717, 1.165) is 18.8 Å². The number of carboxylic acid groups (broad SMARTS) is 1. The fourth-order valence-electron chi connectivity index (χ4n) is 2.72. The van der Waals surface area contributed by atoms with Gasteiger partial charge in [-0.1, -0.05) is 13.8 Å². The van der Waals surface area contributed by atoms with Gasteiger partial charge in [0, 0.05) is 13.1 Å². The fraction of sp³-hybridized carbons (Fsp3) is 0.615. The molecule has 0 amide bonds. The largest absolute Gasteiger partial charge is 0.475 e. The third-order valence-electron chi connectivity index (χ3n) is 3.20. The second kappa shape index (κ2) is 4.92. The highest BCUT2D eigenvalue weighted by Gasteiger charge is 2.22. The van der Waals surface area contributed by atoms with Crippen molar-refractivity contribution in [2.24, 2.45) is 11.8 Å². The summed E-state index contributed by atoms with van der Waals surface area (Å²) >= 11 is 0. The van der Waals surface area contributed by atoms with E-state index in [1.807, 2.05) is 0 Å². The van der Waals surface area contributed by atoms with Gasteiger partial charge in [-0.2, -0.15) is 0 Å². The van der Waals surface area contributed by atoms with Gasteiger partial charge in [0.2, 0.25) is 5.76 Å². The van der Waals surface area contributed by atoms with E-state index in [1.54, 1.807) is 6.07 Å². The summed E-state index contributed by atoms with van der Waals surface area (Å²) in [7, 11) is 0. The van der Waals surface area contributed by atoms with Crippen molar-refractivity contribution in [3.8, 4) is 0 Å². The molecule has 17 heavy (non-hydrogen) atoms. The molecule has 1 aromatic heterocycles. The minimum atomic E-state index is -1.00. The molecule has 1 aliphatic rings. The predicted octanol–water partition coefficient (Wildman–Crippen LogP) is 2.46. The first-order chi connectivity index (χ1) is 8.04. The maximum atomic E-state index is 10.7. The Bertz CT molecular complexity index is 389. The maximum Gasteiger partial charge on any atom is 0.371 e. The molecular formula is C13H19NO3. The number of aromatic carboxylic acids is 1. The number of piperidine rings is 1. The minimum absolute atomic E-state index is 0.0260. The van der Waals surface area contributed by atoms with Gasteiger partial charge >= 0.3 is 5.97 Å². The standard InChI is InChI=1S/C13H19NO3/c1-9-5-10(2)7-14(6-9)8-11-3-4-12(17-11)13(15)16/h3-4,9-10H,5-8H2,1-2H3,(H,15,16). The molecule has 94 valence electrons. The molecule has 0 aromatic carbocycles. The lowest BCUT2D eigenvalue weighted by Gasteiger charge is -2.34. The lowest BCUT2D eigenvalue weighted by atomic mass is 9.92. The van der Waals surface area contributed by atoms with Crippen LogP contribution < -0.4 is 0 Å². The number of carboxylic acids is 1. The van der Waals surface area contributed by atoms with E-state index in [1.165, 1.54) is 12.5 Å². The first-order valence-corrected chi connectivity index (χ1v) is 6.09. The van der Waals surface area contributed by atoms with Gasteiger partial charge in [0.25, 0.3) is 0 Å². The Balaban J connectivity index is 1.97. The summed E-state index contributed by atoms with van der Waals surface area (Å²) in [6, 6.07) is 3.28. The van der Waals surface area contributed by atoms with Crippen LogP contribution in [0.5, 0.6) is 0 Å². The molecule has 1 N–H and O–H groups in total. The summed E-state index contributed by atoms with van der Waals surface area (Å²) in [5, 5.41) is 8.78. The average molecular weight is 237 g/mol. The van der Waals surface area contributed by atoms with Gasteiger partial charge in [-0.3, -0.25) is 4.90 Å². The van der Waals surface area contributed by atoms with E-state index in [9.17, 15) is 4.79 Å². The van der Waals surface area contributed by atoms with E-state index >= 15 is 0 Å². The topological polar surface area (TPSA) is 53.7 Å². The zero-order chi connectivity index (χ0) is 12.4. The monoisotopic (exact) mass is 237 g/mol. The van der Waals surface area contributed by atoms with Crippen LogP contribution in [-0.4, -0.2) is 29.1 Å². The number of carbonyl (C=O) groups is 1. The van der Waals surface area contributed by atoms with Crippen LogP contribution in [-0.2, 0) is 6.54 Å². The zero-order valence-corrected chi connectivity index (χ0v) is 10.3. The van der Waals surface area contributed by atoms with E-state index in [4.69, 9.17) is 9.52 Å². The molecule has 2 atom stereocenters. The van der Waals surface area contributed by atoms with Crippen molar-refractivity contribution in [1.82, 2.24) is 4.90 Å². The lowest BCUT2D eigenvalue weighted by Crippen LogP contribution is -2.37. The van der Waals surface area contributed by atoms with Gasteiger partial charge in [0.15, 0.2) is 0 Å². The molecule has 0 bridgehead atoms. The molecule has 4 heteroatoms. The Labute approximate surface area is 101 Å². The highest BCUT2D eigenvalue weighted by molar-refractivity contribution is 5.84. The lowest BCUT2D eigenvalue weighted by molar-refractivity contribution is 0.0655. The molecular weight excluding hydrogens is 218 g/mol. The van der Waals surface area contributed by atoms with E-state index in [0.29, 0.717) is 18.4 Å². The molecule has 2 unspecified atom stereocenters. The summed E-state index contributed by atoms with van der Waals surface area (Å²) < 4.78 is 5.28. The van der Waals surface area contributed by atoms with Crippen LogP contribution in [0.1, 0.15) is 36.6 Å². The number of furan rings is 1. The molecule has 4 nitrogen and oxygen atoms in total. The Morgan fingerprint density at radius 2 is 2.06 bits per heavy atom. The van der Waals surface area contributed by atoms with Crippen molar-refractivity contribution in [2.45, 2.75) is 26.8 Å². The Hall–Kier alpha value is -1.29. The van der Waals surface area contributed by atoms with Gasteiger partial charge in [-0.15, -0.1) is 0 Å². The molecule has 2 rings (SSSR count). The second-order valence-electron chi connectivity index (χ2n) is 5.21. The van der Waals surface area contributed by atoms with Gasteiger partial charge in [0.1, 0.15) is 5.76 Å². The summed E-state index contributed by atoms with van der Waals surface area (Å²) in [6.07, 6.45) is 1.27. The first kappa shape index (κ1) is 12.2. The van der Waals surface area contributed by atoms with Crippen molar-refractivity contribution in [3.05, 3.63) is 23.7 Å². The number of hydrogen-bond donors (Lipinski definition) is 1. The van der Waals surface area contributed by atoms with Gasteiger partial charge in [-0.05, 0) is 30.4 Å². The van der Waals surface area contributed by atoms with Crippen molar-refractivity contribution in [2.75, 3.05) is 13.1 Å². The van der Waals surface area contributed by atoms with Gasteiger partial charge in [-0.25, -0.2) is 4.79 Å². The molecule has 0 saturated carbocycles. The Morgan fingerprint density at radius 1 is 1.41 bits per heavy atom. The Kier molecular flexibility index (Phi) is 3.52. The van der Waals surface area contributed by atoms with Crippen LogP contribution in [0.3, 0.4) is 0 Å². The van der Waals surface area contributed by atoms with Gasteiger partial charge in [0.05, 0.1) is 6.54 Å². The van der Waals surface area contributed by atoms with E-state index < -0.39 is 5.97 Å². The summed E-state index contributed by atoms with van der Waals surface area (Å²) in [6.45, 7) is 7.35. The maximum absolute atomic E-state index is 10.7. The average Bonchev–Trinajstić information content (AvgIpc) is 2.64. The van der Waals surface area contributed by atoms with Crippen molar-refractivity contribution >= 4 is 5.97 Å². The van der Waals surface area contributed by atoms with E-state index in [2.05, 4.69) is 18.7 Å². The fourth-order valence-corrected chi connectivity index (χ4v) is 2.72. The quantitative estimate of drug-likeness (QED) is 0.877. The summed E-state index contributed by atoms with van der Waals surface area (Å²) in [5.41, 5.74) is 0. The third kappa shape index (κ3) is 3.09. The van der Waals surface area contributed by atoms with Crippen LogP contribution in [0.15, 0.2) is 16.5 Å². The van der Waals surface area contributed by atoms with Crippen molar-refractivity contribution in [1.29, 1.82) is 0 Å². The first-order valence-electron chi connectivity index (χ1n) is 6.09. The van der Waals surface area contributed by atoms with Crippen molar-refractivity contribution < 1.29 is 14.3 Å². The van der Waals surface area contributed by atoms with Crippen LogP contribution in [0, 0.1) is 11.8 Å². The molecule has 1 saturated heterocycles. The van der Waals surface area contributed by atoms with Crippen LogP contribution >= 0.6 is 0 Å². The minimum Gasteiger partial charge on any atom is -0.475 e. The third-order valence-corrected chi connectivity index (χ3v) is 3.20. The summed E-state index contributed by atoms with van der Waals surface area (Å²) in [5.74, 6) is 1.17. The Morgan fingerprint density at radius 3 is 2.59 bits per heavy atom. The molecule has 0 spiro atoms. The highest BCUT2D eigenvalue weighted by atomic mass is 16.4. The second-order valence-corrected chi connectivity index (χ2v) is 5.21. The van der Waals surface area contributed by atoms with Gasteiger partial charge < -0.3 is 9.52 Å². The summed E-state index contributed by atoms with van der Waals surface area (Å²) in [4.78, 5) is 13.0. The number of hydrogen-bond acceptors (Lipinski definition) is 3. The number of rotatable bonds is 3. The molecule has 0 aliphatic carbocycles. The molecule has 2 heterocycles. The highest BCUT2D eigenvalue weighted by Crippen LogP contribution is 2.22. The smallest absolute Gasteiger partial charge is 0.371 e. The van der Waals surface area contributed by atoms with Crippen LogP contribution in [0.25, 0.3) is 0 Å². The predicted molar refractivity (Wildman–Crippen MR) is 63.9 cm³/mol. The zero-order valence-electron chi connectivity index (χ0n) is 10.3. The molecule has 1 aromatic rings. The van der Waals surface area contributed by atoms with Crippen LogP contribution in [0.2, 0.25) is 0 Å². The van der Waals surface area contributed by atoms with E-state index in [-0.39, 0.29) is 5.76 Å². The molecule has 1 fully saturated rings. The molecule has 0 radical (unpaired) electrons. The normalized spacial score (nSPS) is 26.0. The van der Waals surface area contributed by atoms with Crippen LogP contribution in [0.4, 0.5) is 0 Å². The number of likely N-dealkylation sites (tertiary alicyclic amines) is 1. The number of nitrogens with zero attached hydrogens (tertiary/aromatic N) is 1. The van der Waals surface area contributed by atoms with Crippen molar-refractivity contribution in [3.63, 3.8) is 0 Å². The molecule has 1 aliphatic heterocycles. The SMILES string of the molecule is CC1CC(C)CN(Cc2ccc(C(=O)O)o2)C1.